The molecule has 2 nitrogen and oxygen atoms in total. The van der Waals surface area contributed by atoms with Gasteiger partial charge in [-0.1, -0.05) is 109 Å². The largest absolute Gasteiger partial charge is 0.423 e. The highest BCUT2D eigenvalue weighted by molar-refractivity contribution is 5.91. The lowest BCUT2D eigenvalue weighted by atomic mass is 10.0. The lowest BCUT2D eigenvalue weighted by molar-refractivity contribution is 0.0734. The number of hydrogen-bond donors (Lipinski definition) is 0. The van der Waals surface area contributed by atoms with Crippen LogP contribution in [0.25, 0.3) is 0 Å². The highest BCUT2D eigenvalue weighted by Crippen LogP contribution is 2.17. The van der Waals surface area contributed by atoms with Crippen LogP contribution >= 0.6 is 0 Å². The Kier molecular flexibility index (Phi) is 13.5. The SMILES string of the molecule is CCCCCCCCCCc1ccc(C(=O)Oc2ccc(CCCCCCC)cc2)cc1. The molecule has 0 heterocycles. The molecular weight excluding hydrogens is 392 g/mol. The van der Waals surface area contributed by atoms with Crippen LogP contribution in [-0.4, -0.2) is 5.97 Å². The maximum Gasteiger partial charge on any atom is 0.343 e. The minimum Gasteiger partial charge on any atom is -0.423 e. The Morgan fingerprint density at radius 2 is 0.969 bits per heavy atom. The molecule has 0 saturated heterocycles. The van der Waals surface area contributed by atoms with Gasteiger partial charge in [0.15, 0.2) is 0 Å². The van der Waals surface area contributed by atoms with Crippen LogP contribution in [0, 0.1) is 0 Å². The number of unbranched alkanes of at least 4 members (excludes halogenated alkanes) is 11. The predicted molar refractivity (Wildman–Crippen MR) is 137 cm³/mol. The molecule has 32 heavy (non-hydrogen) atoms. The van der Waals surface area contributed by atoms with Crippen molar-refractivity contribution in [1.29, 1.82) is 0 Å². The second kappa shape index (κ2) is 16.5. The number of carbonyl (C=O) groups excluding carboxylic acids is 1. The normalized spacial score (nSPS) is 10.9. The van der Waals surface area contributed by atoms with E-state index in [9.17, 15) is 4.79 Å². The molecule has 0 aliphatic carbocycles. The van der Waals surface area contributed by atoms with Crippen molar-refractivity contribution < 1.29 is 9.53 Å². The van der Waals surface area contributed by atoms with Crippen LogP contribution in [0.15, 0.2) is 48.5 Å². The highest BCUT2D eigenvalue weighted by Gasteiger charge is 2.09. The van der Waals surface area contributed by atoms with E-state index in [1.165, 1.54) is 94.6 Å². The molecule has 0 saturated carbocycles. The van der Waals surface area contributed by atoms with Gasteiger partial charge in [0.05, 0.1) is 5.56 Å². The van der Waals surface area contributed by atoms with E-state index >= 15 is 0 Å². The van der Waals surface area contributed by atoms with E-state index in [-0.39, 0.29) is 5.97 Å². The zero-order valence-electron chi connectivity index (χ0n) is 20.5. The molecule has 0 unspecified atom stereocenters. The molecular formula is C30H44O2. The van der Waals surface area contributed by atoms with E-state index in [1.54, 1.807) is 0 Å². The van der Waals surface area contributed by atoms with Crippen molar-refractivity contribution in [3.8, 4) is 5.75 Å². The molecule has 0 aliphatic rings. The van der Waals surface area contributed by atoms with Gasteiger partial charge in [-0.25, -0.2) is 4.79 Å². The lowest BCUT2D eigenvalue weighted by Crippen LogP contribution is -2.08. The Bertz CT molecular complexity index is 730. The number of esters is 1. The van der Waals surface area contributed by atoms with Crippen molar-refractivity contribution >= 4 is 5.97 Å². The first-order chi connectivity index (χ1) is 15.7. The second-order valence-corrected chi connectivity index (χ2v) is 9.12. The second-order valence-electron chi connectivity index (χ2n) is 9.12. The average Bonchev–Trinajstić information content (AvgIpc) is 2.82. The zero-order chi connectivity index (χ0) is 22.9. The van der Waals surface area contributed by atoms with Gasteiger partial charge in [0.25, 0.3) is 0 Å². The molecule has 2 aromatic rings. The van der Waals surface area contributed by atoms with Crippen LogP contribution in [0.2, 0.25) is 0 Å². The molecule has 0 atom stereocenters. The van der Waals surface area contributed by atoms with Gasteiger partial charge in [0.2, 0.25) is 0 Å². The Labute approximate surface area is 196 Å². The number of aryl methyl sites for hydroxylation is 2. The molecule has 0 N–H and O–H groups in total. The molecule has 0 aliphatic heterocycles. The Hall–Kier alpha value is -2.09. The third kappa shape index (κ3) is 11.0. The summed E-state index contributed by atoms with van der Waals surface area (Å²) in [6, 6.07) is 15.9. The van der Waals surface area contributed by atoms with Crippen LogP contribution in [0.3, 0.4) is 0 Å². The first-order valence-corrected chi connectivity index (χ1v) is 13.1. The minimum atomic E-state index is -0.282. The van der Waals surface area contributed by atoms with Crippen molar-refractivity contribution in [1.82, 2.24) is 0 Å². The summed E-state index contributed by atoms with van der Waals surface area (Å²) >= 11 is 0. The fourth-order valence-electron chi connectivity index (χ4n) is 4.09. The van der Waals surface area contributed by atoms with Crippen LogP contribution in [0.1, 0.15) is 119 Å². The van der Waals surface area contributed by atoms with Gasteiger partial charge < -0.3 is 4.74 Å². The van der Waals surface area contributed by atoms with Gasteiger partial charge in [0.1, 0.15) is 5.75 Å². The van der Waals surface area contributed by atoms with E-state index in [2.05, 4.69) is 38.1 Å². The molecule has 0 bridgehead atoms. The fourth-order valence-corrected chi connectivity index (χ4v) is 4.09. The zero-order valence-corrected chi connectivity index (χ0v) is 20.5. The summed E-state index contributed by atoms with van der Waals surface area (Å²) in [5, 5.41) is 0. The number of carbonyl (C=O) groups is 1. The van der Waals surface area contributed by atoms with Crippen LogP contribution < -0.4 is 4.74 Å². The summed E-state index contributed by atoms with van der Waals surface area (Å²) in [5.74, 6) is 0.337. The van der Waals surface area contributed by atoms with Gasteiger partial charge in [-0.3, -0.25) is 0 Å². The number of hydrogen-bond acceptors (Lipinski definition) is 2. The van der Waals surface area contributed by atoms with Crippen LogP contribution in [0.5, 0.6) is 5.75 Å². The summed E-state index contributed by atoms with van der Waals surface area (Å²) < 4.78 is 5.57. The Morgan fingerprint density at radius 3 is 1.44 bits per heavy atom. The van der Waals surface area contributed by atoms with Crippen molar-refractivity contribution in [2.75, 3.05) is 0 Å². The number of ether oxygens (including phenoxy) is 1. The van der Waals surface area contributed by atoms with E-state index in [0.29, 0.717) is 11.3 Å². The summed E-state index contributed by atoms with van der Waals surface area (Å²) in [6.45, 7) is 4.51. The van der Waals surface area contributed by atoms with Gasteiger partial charge in [0, 0.05) is 0 Å². The van der Waals surface area contributed by atoms with E-state index < -0.39 is 0 Å². The van der Waals surface area contributed by atoms with Crippen molar-refractivity contribution in [2.24, 2.45) is 0 Å². The molecule has 0 radical (unpaired) electrons. The van der Waals surface area contributed by atoms with Gasteiger partial charge in [-0.15, -0.1) is 0 Å². The third-order valence-electron chi connectivity index (χ3n) is 6.21. The van der Waals surface area contributed by atoms with Gasteiger partial charge in [-0.2, -0.15) is 0 Å². The molecule has 2 rings (SSSR count). The van der Waals surface area contributed by atoms with Gasteiger partial charge >= 0.3 is 5.97 Å². The molecule has 2 aromatic carbocycles. The van der Waals surface area contributed by atoms with Crippen molar-refractivity contribution in [3.05, 3.63) is 65.2 Å². The quantitative estimate of drug-likeness (QED) is 0.140. The maximum atomic E-state index is 12.5. The Morgan fingerprint density at radius 1 is 0.562 bits per heavy atom. The first kappa shape index (κ1) is 26.2. The monoisotopic (exact) mass is 436 g/mol. The molecule has 0 fully saturated rings. The van der Waals surface area contributed by atoms with Gasteiger partial charge in [-0.05, 0) is 61.1 Å². The average molecular weight is 437 g/mol. The van der Waals surface area contributed by atoms with Crippen molar-refractivity contribution in [3.63, 3.8) is 0 Å². The molecule has 0 amide bonds. The van der Waals surface area contributed by atoms with E-state index in [0.717, 1.165) is 12.8 Å². The molecule has 176 valence electrons. The van der Waals surface area contributed by atoms with Crippen LogP contribution in [-0.2, 0) is 12.8 Å². The minimum absolute atomic E-state index is 0.282. The van der Waals surface area contributed by atoms with E-state index in [1.807, 2.05) is 24.3 Å². The predicted octanol–water partition coefficient (Wildman–Crippen LogP) is 9.10. The molecule has 0 aromatic heterocycles. The summed E-state index contributed by atoms with van der Waals surface area (Å²) in [6.07, 6.45) is 19.3. The van der Waals surface area contributed by atoms with Crippen molar-refractivity contribution in [2.45, 2.75) is 110 Å². The highest BCUT2D eigenvalue weighted by atomic mass is 16.5. The fraction of sp³-hybridized carbons (Fsp3) is 0.567. The third-order valence-corrected chi connectivity index (χ3v) is 6.21. The number of benzene rings is 2. The van der Waals surface area contributed by atoms with E-state index in [4.69, 9.17) is 4.74 Å². The number of rotatable bonds is 17. The first-order valence-electron chi connectivity index (χ1n) is 13.1. The lowest BCUT2D eigenvalue weighted by Gasteiger charge is -2.07. The van der Waals surface area contributed by atoms with Crippen LogP contribution in [0.4, 0.5) is 0 Å². The summed E-state index contributed by atoms with van der Waals surface area (Å²) in [5.41, 5.74) is 3.23. The Balaban J connectivity index is 1.66. The summed E-state index contributed by atoms with van der Waals surface area (Å²) in [4.78, 5) is 12.5. The summed E-state index contributed by atoms with van der Waals surface area (Å²) in [7, 11) is 0. The standard InChI is InChI=1S/C30H44O2/c1-3-5-7-9-10-11-13-15-16-26-18-22-28(23-19-26)30(31)32-29-24-20-27(21-25-29)17-14-12-8-6-4-2/h18-25H,3-17H2,1-2H3. The smallest absolute Gasteiger partial charge is 0.343 e. The molecule has 0 spiro atoms. The molecule has 2 heteroatoms. The maximum absolute atomic E-state index is 12.5. The topological polar surface area (TPSA) is 26.3 Å².